The Kier molecular flexibility index (Phi) is 6.68. The highest BCUT2D eigenvalue weighted by molar-refractivity contribution is 5.95. The molecule has 1 aliphatic carbocycles. The number of imidazole rings is 1. The van der Waals surface area contributed by atoms with Gasteiger partial charge in [-0.3, -0.25) is 9.55 Å². The van der Waals surface area contributed by atoms with Crippen molar-refractivity contribution in [3.05, 3.63) is 163 Å². The summed E-state index contributed by atoms with van der Waals surface area (Å²) in [7, 11) is 0. The van der Waals surface area contributed by atoms with E-state index in [1.54, 1.807) is 6.07 Å². The van der Waals surface area contributed by atoms with Crippen LogP contribution in [0.15, 0.2) is 152 Å². The largest absolute Gasteiger partial charge is 0.507 e. The Labute approximate surface area is 278 Å². The Morgan fingerprint density at radius 2 is 1.23 bits per heavy atom. The number of phenolic OH excluding ortho intramolecular Hbond substituents is 1. The van der Waals surface area contributed by atoms with Gasteiger partial charge in [-0.15, -0.1) is 0 Å². The molecule has 3 aromatic heterocycles. The quantitative estimate of drug-likeness (QED) is 0.209. The van der Waals surface area contributed by atoms with Gasteiger partial charge in [-0.05, 0) is 58.7 Å². The van der Waals surface area contributed by atoms with Crippen molar-refractivity contribution >= 4 is 10.8 Å². The van der Waals surface area contributed by atoms with E-state index in [2.05, 4.69) is 108 Å². The summed E-state index contributed by atoms with van der Waals surface area (Å²) >= 11 is 0. The number of aromatic hydroxyl groups is 1. The smallest absolute Gasteiger partial charge is 0.164 e. The van der Waals surface area contributed by atoms with Gasteiger partial charge in [0.25, 0.3) is 0 Å². The van der Waals surface area contributed by atoms with Crippen LogP contribution in [0.1, 0.15) is 11.1 Å². The van der Waals surface area contributed by atoms with E-state index in [1.165, 1.54) is 0 Å². The number of nitrogens with zero attached hydrogens (tertiary/aromatic N) is 4. The lowest BCUT2D eigenvalue weighted by molar-refractivity contribution is 0.476. The Bertz CT molecular complexity index is 2400. The Morgan fingerprint density at radius 3 is 2.00 bits per heavy atom. The monoisotopic (exact) mass is 618 g/mol. The molecule has 0 saturated heterocycles. The molecule has 0 radical (unpaired) electrons. The maximum Gasteiger partial charge on any atom is 0.164 e. The van der Waals surface area contributed by atoms with Crippen molar-refractivity contribution in [2.45, 2.75) is 12.8 Å². The molecule has 5 heteroatoms. The normalized spacial score (nSPS) is 12.1. The molecule has 0 amide bonds. The zero-order valence-electron chi connectivity index (χ0n) is 26.1. The molecule has 0 fully saturated rings. The first-order chi connectivity index (χ1) is 23.7. The number of hydrogen-bond acceptors (Lipinski definition) is 4. The minimum atomic E-state index is 0.258. The van der Waals surface area contributed by atoms with E-state index in [4.69, 9.17) is 15.0 Å². The van der Waals surface area contributed by atoms with E-state index in [1.807, 2.05) is 42.6 Å². The van der Waals surface area contributed by atoms with Gasteiger partial charge < -0.3 is 5.11 Å². The summed E-state index contributed by atoms with van der Waals surface area (Å²) < 4.78 is 2.20. The minimum absolute atomic E-state index is 0.258. The van der Waals surface area contributed by atoms with Gasteiger partial charge >= 0.3 is 0 Å². The zero-order chi connectivity index (χ0) is 32.0. The molecule has 228 valence electrons. The SMILES string of the molecule is Oc1cccc2c1-c1nc(-c3cn(-c4c(-c5ccccc5)cccc4-c4ccccc4)c(-c4nccc5ccccc45)n3)ccc1CC2. The summed E-state index contributed by atoms with van der Waals surface area (Å²) in [4.78, 5) is 15.5. The highest BCUT2D eigenvalue weighted by atomic mass is 16.3. The van der Waals surface area contributed by atoms with Crippen LogP contribution in [0.5, 0.6) is 5.75 Å². The fourth-order valence-electron chi connectivity index (χ4n) is 7.03. The number of aryl methyl sites for hydroxylation is 2. The lowest BCUT2D eigenvalue weighted by atomic mass is 9.88. The van der Waals surface area contributed by atoms with Gasteiger partial charge in [-0.25, -0.2) is 9.97 Å². The van der Waals surface area contributed by atoms with E-state index in [9.17, 15) is 5.11 Å². The van der Waals surface area contributed by atoms with Gasteiger partial charge in [-0.2, -0.15) is 0 Å². The Balaban J connectivity index is 1.34. The third kappa shape index (κ3) is 4.67. The van der Waals surface area contributed by atoms with Gasteiger partial charge in [0, 0.05) is 34.5 Å². The molecule has 48 heavy (non-hydrogen) atoms. The van der Waals surface area contributed by atoms with Gasteiger partial charge in [-0.1, -0.05) is 121 Å². The molecule has 0 saturated carbocycles. The van der Waals surface area contributed by atoms with Crippen LogP contribution in [0.25, 0.3) is 72.9 Å². The van der Waals surface area contributed by atoms with Crippen molar-refractivity contribution in [3.63, 3.8) is 0 Å². The maximum atomic E-state index is 10.9. The van der Waals surface area contributed by atoms with Gasteiger partial charge in [0.2, 0.25) is 0 Å². The van der Waals surface area contributed by atoms with Crippen molar-refractivity contribution in [2.75, 3.05) is 0 Å². The summed E-state index contributed by atoms with van der Waals surface area (Å²) in [6.45, 7) is 0. The van der Waals surface area contributed by atoms with Crippen LogP contribution in [-0.4, -0.2) is 24.6 Å². The lowest BCUT2D eigenvalue weighted by Gasteiger charge is -2.20. The number of rotatable bonds is 5. The van der Waals surface area contributed by atoms with Crippen LogP contribution in [0, 0.1) is 0 Å². The van der Waals surface area contributed by atoms with Crippen molar-refractivity contribution in [1.29, 1.82) is 0 Å². The highest BCUT2D eigenvalue weighted by Gasteiger charge is 2.25. The fraction of sp³-hybridized carbons (Fsp3) is 0.0465. The molecule has 9 rings (SSSR count). The molecule has 1 aliphatic rings. The van der Waals surface area contributed by atoms with E-state index >= 15 is 0 Å². The summed E-state index contributed by atoms with van der Waals surface area (Å²) in [5.41, 5.74) is 11.5. The van der Waals surface area contributed by atoms with Crippen molar-refractivity contribution < 1.29 is 5.11 Å². The summed E-state index contributed by atoms with van der Waals surface area (Å²) in [6.07, 6.45) is 5.70. The third-order valence-electron chi connectivity index (χ3n) is 9.31. The molecule has 0 atom stereocenters. The van der Waals surface area contributed by atoms with Gasteiger partial charge in [0.05, 0.1) is 17.1 Å². The lowest BCUT2D eigenvalue weighted by Crippen LogP contribution is -2.06. The van der Waals surface area contributed by atoms with Gasteiger partial charge in [0.15, 0.2) is 5.82 Å². The number of aromatic nitrogens is 4. The molecule has 0 unspecified atom stereocenters. The first-order valence-corrected chi connectivity index (χ1v) is 16.2. The standard InChI is InChI=1S/C43H30N4O/c48-38-20-9-16-31-21-22-32-23-24-36(45-40(32)39(31)38)37-27-47(43(46-37)41-33-17-8-7-15-30(33)25-26-44-41)42-34(28-11-3-1-4-12-28)18-10-19-35(42)29-13-5-2-6-14-29/h1-20,23-27,48H,21-22H2. The number of fused-ring (bicyclic) bond motifs is 4. The predicted molar refractivity (Wildman–Crippen MR) is 193 cm³/mol. The molecule has 5 nitrogen and oxygen atoms in total. The van der Waals surface area contributed by atoms with Crippen LogP contribution in [0.3, 0.4) is 0 Å². The van der Waals surface area contributed by atoms with Crippen LogP contribution in [0.4, 0.5) is 0 Å². The highest BCUT2D eigenvalue weighted by Crippen LogP contribution is 2.42. The van der Waals surface area contributed by atoms with Crippen molar-refractivity contribution in [3.8, 4) is 67.9 Å². The zero-order valence-corrected chi connectivity index (χ0v) is 26.1. The minimum Gasteiger partial charge on any atom is -0.507 e. The molecule has 0 aliphatic heterocycles. The van der Waals surface area contributed by atoms with Crippen LogP contribution in [-0.2, 0) is 12.8 Å². The van der Waals surface area contributed by atoms with Crippen molar-refractivity contribution in [2.24, 2.45) is 0 Å². The molecule has 5 aromatic carbocycles. The Morgan fingerprint density at radius 1 is 0.542 bits per heavy atom. The van der Waals surface area contributed by atoms with Gasteiger partial charge in [0.1, 0.15) is 17.1 Å². The topological polar surface area (TPSA) is 63.8 Å². The van der Waals surface area contributed by atoms with E-state index in [0.29, 0.717) is 0 Å². The number of benzene rings is 5. The molecule has 3 heterocycles. The molecule has 1 N–H and O–H groups in total. The van der Waals surface area contributed by atoms with E-state index in [-0.39, 0.29) is 5.75 Å². The summed E-state index contributed by atoms with van der Waals surface area (Å²) in [5.74, 6) is 0.985. The van der Waals surface area contributed by atoms with E-state index in [0.717, 1.165) is 96.8 Å². The average Bonchev–Trinajstić information content (AvgIpc) is 3.60. The average molecular weight is 619 g/mol. The van der Waals surface area contributed by atoms with Crippen molar-refractivity contribution in [1.82, 2.24) is 19.5 Å². The van der Waals surface area contributed by atoms with Crippen LogP contribution in [0.2, 0.25) is 0 Å². The first kappa shape index (κ1) is 27.9. The maximum absolute atomic E-state index is 10.9. The number of hydrogen-bond donors (Lipinski definition) is 1. The van der Waals surface area contributed by atoms with E-state index < -0.39 is 0 Å². The summed E-state index contributed by atoms with van der Waals surface area (Å²) in [5, 5.41) is 13.0. The fourth-order valence-corrected chi connectivity index (χ4v) is 7.03. The molecule has 0 bridgehead atoms. The molecule has 8 aromatic rings. The molecule has 0 spiro atoms. The summed E-state index contributed by atoms with van der Waals surface area (Å²) in [6, 6.07) is 47.7. The molecular weight excluding hydrogens is 589 g/mol. The Hall–Kier alpha value is -6.33. The number of para-hydroxylation sites is 1. The second-order valence-corrected chi connectivity index (χ2v) is 12.1. The van der Waals surface area contributed by atoms with Crippen LogP contribution >= 0.6 is 0 Å². The predicted octanol–water partition coefficient (Wildman–Crippen LogP) is 9.95. The second kappa shape index (κ2) is 11.5. The number of phenols is 1. The van der Waals surface area contributed by atoms with Crippen LogP contribution < -0.4 is 0 Å². The first-order valence-electron chi connectivity index (χ1n) is 16.2. The second-order valence-electron chi connectivity index (χ2n) is 12.1. The number of pyridine rings is 2. The third-order valence-corrected chi connectivity index (χ3v) is 9.31. The molecular formula is C43H30N4O.